The number of carboxylic acids is 1. The van der Waals surface area contributed by atoms with Gasteiger partial charge in [0.05, 0.1) is 11.3 Å². The number of hydrogen-bond donors (Lipinski definition) is 4. The summed E-state index contributed by atoms with van der Waals surface area (Å²) in [6.07, 6.45) is 0.103. The van der Waals surface area contributed by atoms with Crippen LogP contribution in [-0.2, 0) is 16.0 Å². The van der Waals surface area contributed by atoms with Crippen molar-refractivity contribution in [3.63, 3.8) is 0 Å². The third kappa shape index (κ3) is 4.86. The fourth-order valence-electron chi connectivity index (χ4n) is 3.00. The van der Waals surface area contributed by atoms with Gasteiger partial charge >= 0.3 is 5.97 Å². The Labute approximate surface area is 174 Å². The maximum atomic E-state index is 12.8. The van der Waals surface area contributed by atoms with E-state index in [0.29, 0.717) is 11.4 Å². The van der Waals surface area contributed by atoms with Gasteiger partial charge in [0.15, 0.2) is 0 Å². The number of carbonyl (C=O) groups excluding carboxylic acids is 2. The van der Waals surface area contributed by atoms with E-state index in [-0.39, 0.29) is 17.9 Å². The second-order valence-corrected chi connectivity index (χ2v) is 8.20. The summed E-state index contributed by atoms with van der Waals surface area (Å²) in [5.74, 6) is -1.95. The fourth-order valence-corrected chi connectivity index (χ4v) is 3.00. The Morgan fingerprint density at radius 2 is 1.70 bits per heavy atom. The molecule has 1 atom stereocenters. The van der Waals surface area contributed by atoms with Gasteiger partial charge in [0.2, 0.25) is 5.91 Å². The number of aliphatic carboxylic acids is 1. The van der Waals surface area contributed by atoms with Crippen molar-refractivity contribution in [3.05, 3.63) is 65.9 Å². The Balaban J connectivity index is 1.78. The summed E-state index contributed by atoms with van der Waals surface area (Å²) in [6.45, 7) is 5.31. The summed E-state index contributed by atoms with van der Waals surface area (Å²) in [7, 11) is 0. The standard InChI is InChI=1S/C23H25N3O4/c1-23(2,3)22(30)26-18-11-7-5-9-16(18)20(27)25-19(21(28)29)13-15-12-14-8-4-6-10-17(14)24-15/h4-12,19,24H,13H2,1-3H3,(H,25,27)(H,26,30)(H,28,29). The minimum atomic E-state index is -1.14. The molecule has 3 rings (SSSR count). The van der Waals surface area contributed by atoms with Crippen LogP contribution in [0, 0.1) is 5.41 Å². The van der Waals surface area contributed by atoms with Crippen LogP contribution in [0.15, 0.2) is 54.6 Å². The summed E-state index contributed by atoms with van der Waals surface area (Å²) in [5.41, 5.74) is 1.52. The van der Waals surface area contributed by atoms with Crippen molar-refractivity contribution in [1.29, 1.82) is 0 Å². The molecule has 0 fully saturated rings. The first-order valence-electron chi connectivity index (χ1n) is 9.66. The Hall–Kier alpha value is -3.61. The zero-order chi connectivity index (χ0) is 21.9. The summed E-state index contributed by atoms with van der Waals surface area (Å²) < 4.78 is 0. The van der Waals surface area contributed by atoms with Gasteiger partial charge in [-0.25, -0.2) is 4.79 Å². The zero-order valence-electron chi connectivity index (χ0n) is 17.2. The average Bonchev–Trinajstić information content (AvgIpc) is 3.09. The predicted molar refractivity (Wildman–Crippen MR) is 115 cm³/mol. The highest BCUT2D eigenvalue weighted by molar-refractivity contribution is 6.05. The SMILES string of the molecule is CC(C)(C)C(=O)Nc1ccccc1C(=O)NC(Cc1cc2ccccc2[nH]1)C(=O)O. The van der Waals surface area contributed by atoms with E-state index in [1.54, 1.807) is 45.0 Å². The van der Waals surface area contributed by atoms with Gasteiger partial charge < -0.3 is 20.7 Å². The number of hydrogen-bond acceptors (Lipinski definition) is 3. The van der Waals surface area contributed by atoms with Crippen LogP contribution in [0.25, 0.3) is 10.9 Å². The molecule has 0 aliphatic rings. The minimum absolute atomic E-state index is 0.103. The topological polar surface area (TPSA) is 111 Å². The molecule has 2 amide bonds. The van der Waals surface area contributed by atoms with Crippen LogP contribution in [-0.4, -0.2) is 33.9 Å². The molecule has 7 heteroatoms. The summed E-state index contributed by atoms with van der Waals surface area (Å²) in [5, 5.41) is 15.9. The number of para-hydroxylation sites is 2. The smallest absolute Gasteiger partial charge is 0.326 e. The number of rotatable bonds is 6. The molecule has 1 aromatic heterocycles. The quantitative estimate of drug-likeness (QED) is 0.500. The number of anilines is 1. The molecule has 2 aromatic carbocycles. The van der Waals surface area contributed by atoms with Crippen LogP contribution < -0.4 is 10.6 Å². The predicted octanol–water partition coefficient (Wildman–Crippen LogP) is 3.58. The van der Waals surface area contributed by atoms with E-state index < -0.39 is 23.3 Å². The molecule has 1 unspecified atom stereocenters. The van der Waals surface area contributed by atoms with Crippen molar-refractivity contribution in [2.24, 2.45) is 5.41 Å². The third-order valence-corrected chi connectivity index (χ3v) is 4.71. The second-order valence-electron chi connectivity index (χ2n) is 8.20. The van der Waals surface area contributed by atoms with Crippen molar-refractivity contribution in [2.75, 3.05) is 5.32 Å². The number of nitrogens with one attached hydrogen (secondary N) is 3. The van der Waals surface area contributed by atoms with Crippen LogP contribution in [0.4, 0.5) is 5.69 Å². The molecular weight excluding hydrogens is 382 g/mol. The van der Waals surface area contributed by atoms with E-state index in [9.17, 15) is 19.5 Å². The Kier molecular flexibility index (Phi) is 5.91. The highest BCUT2D eigenvalue weighted by atomic mass is 16.4. The third-order valence-electron chi connectivity index (χ3n) is 4.71. The zero-order valence-corrected chi connectivity index (χ0v) is 17.2. The number of carboxylic acid groups (broad SMARTS) is 1. The lowest BCUT2D eigenvalue weighted by molar-refractivity contribution is -0.139. The molecule has 0 saturated heterocycles. The second kappa shape index (κ2) is 8.41. The van der Waals surface area contributed by atoms with Crippen LogP contribution in [0.2, 0.25) is 0 Å². The van der Waals surface area contributed by atoms with Crippen LogP contribution in [0.1, 0.15) is 36.8 Å². The molecule has 1 heterocycles. The van der Waals surface area contributed by atoms with Gasteiger partial charge in [0.25, 0.3) is 5.91 Å². The molecule has 0 aliphatic carbocycles. The van der Waals surface area contributed by atoms with Crippen molar-refractivity contribution in [2.45, 2.75) is 33.2 Å². The molecule has 30 heavy (non-hydrogen) atoms. The Bertz CT molecular complexity index is 1060. The van der Waals surface area contributed by atoms with Gasteiger partial charge in [-0.15, -0.1) is 0 Å². The normalized spacial score (nSPS) is 12.4. The van der Waals surface area contributed by atoms with E-state index in [4.69, 9.17) is 0 Å². The fraction of sp³-hybridized carbons (Fsp3) is 0.261. The van der Waals surface area contributed by atoms with Crippen molar-refractivity contribution in [3.8, 4) is 0 Å². The van der Waals surface area contributed by atoms with Crippen molar-refractivity contribution in [1.82, 2.24) is 10.3 Å². The van der Waals surface area contributed by atoms with Crippen LogP contribution in [0.3, 0.4) is 0 Å². The highest BCUT2D eigenvalue weighted by Gasteiger charge is 2.25. The Morgan fingerprint density at radius 1 is 1.03 bits per heavy atom. The van der Waals surface area contributed by atoms with Gasteiger partial charge in [0, 0.05) is 23.0 Å². The van der Waals surface area contributed by atoms with Gasteiger partial charge in [-0.3, -0.25) is 9.59 Å². The number of carbonyl (C=O) groups is 3. The van der Waals surface area contributed by atoms with Gasteiger partial charge in [-0.05, 0) is 29.7 Å². The summed E-state index contributed by atoms with van der Waals surface area (Å²) in [6, 6.07) is 14.9. The largest absolute Gasteiger partial charge is 0.480 e. The number of H-pyrrole nitrogens is 1. The van der Waals surface area contributed by atoms with Gasteiger partial charge in [0.1, 0.15) is 6.04 Å². The minimum Gasteiger partial charge on any atom is -0.480 e. The van der Waals surface area contributed by atoms with E-state index in [1.165, 1.54) is 0 Å². The molecular formula is C23H25N3O4. The summed E-state index contributed by atoms with van der Waals surface area (Å²) in [4.78, 5) is 40.1. The molecule has 156 valence electrons. The molecule has 3 aromatic rings. The van der Waals surface area contributed by atoms with Crippen molar-refractivity contribution < 1.29 is 19.5 Å². The monoisotopic (exact) mass is 407 g/mol. The van der Waals surface area contributed by atoms with Crippen LogP contribution in [0.5, 0.6) is 0 Å². The number of fused-ring (bicyclic) bond motifs is 1. The molecule has 0 aliphatic heterocycles. The lowest BCUT2D eigenvalue weighted by Crippen LogP contribution is -2.42. The molecule has 0 radical (unpaired) electrons. The van der Waals surface area contributed by atoms with E-state index >= 15 is 0 Å². The van der Waals surface area contributed by atoms with Crippen molar-refractivity contribution >= 4 is 34.4 Å². The first-order chi connectivity index (χ1) is 14.1. The average molecular weight is 407 g/mol. The first-order valence-corrected chi connectivity index (χ1v) is 9.66. The molecule has 0 saturated carbocycles. The van der Waals surface area contributed by atoms with E-state index in [1.807, 2.05) is 30.3 Å². The lowest BCUT2D eigenvalue weighted by atomic mass is 9.95. The highest BCUT2D eigenvalue weighted by Crippen LogP contribution is 2.21. The maximum Gasteiger partial charge on any atom is 0.326 e. The molecule has 0 bridgehead atoms. The first kappa shape index (κ1) is 21.1. The number of amides is 2. The van der Waals surface area contributed by atoms with Gasteiger partial charge in [-0.2, -0.15) is 0 Å². The Morgan fingerprint density at radius 3 is 2.37 bits per heavy atom. The molecule has 0 spiro atoms. The molecule has 7 nitrogen and oxygen atoms in total. The number of aromatic amines is 1. The summed E-state index contributed by atoms with van der Waals surface area (Å²) >= 11 is 0. The van der Waals surface area contributed by atoms with Gasteiger partial charge in [-0.1, -0.05) is 51.1 Å². The molecule has 4 N–H and O–H groups in total. The van der Waals surface area contributed by atoms with E-state index in [2.05, 4.69) is 15.6 Å². The number of benzene rings is 2. The van der Waals surface area contributed by atoms with E-state index in [0.717, 1.165) is 10.9 Å². The number of aromatic nitrogens is 1. The maximum absolute atomic E-state index is 12.8. The van der Waals surface area contributed by atoms with Crippen LogP contribution >= 0.6 is 0 Å². The lowest BCUT2D eigenvalue weighted by Gasteiger charge is -2.20.